The maximum absolute atomic E-state index is 12.2. The number of carbonyl (C=O) groups is 1. The van der Waals surface area contributed by atoms with Crippen LogP contribution in [0.25, 0.3) is 11.0 Å². The number of aryl methyl sites for hydroxylation is 2. The lowest BCUT2D eigenvalue weighted by Gasteiger charge is -2.12. The van der Waals surface area contributed by atoms with Gasteiger partial charge in [0.1, 0.15) is 5.82 Å². The second kappa shape index (κ2) is 13.3. The van der Waals surface area contributed by atoms with Crippen molar-refractivity contribution < 1.29 is 14.3 Å². The van der Waals surface area contributed by atoms with Gasteiger partial charge in [-0.1, -0.05) is 48.9 Å². The van der Waals surface area contributed by atoms with Crippen molar-refractivity contribution in [3.05, 3.63) is 90.3 Å². The predicted octanol–water partition coefficient (Wildman–Crippen LogP) is 6.05. The molecule has 0 bridgehead atoms. The molecule has 0 spiro atoms. The van der Waals surface area contributed by atoms with Gasteiger partial charge < -0.3 is 19.4 Å². The van der Waals surface area contributed by atoms with Crippen LogP contribution in [-0.2, 0) is 13.0 Å². The number of benzene rings is 3. The van der Waals surface area contributed by atoms with Gasteiger partial charge in [-0.25, -0.2) is 4.98 Å². The summed E-state index contributed by atoms with van der Waals surface area (Å²) in [5, 5.41) is 3.01. The third-order valence-electron chi connectivity index (χ3n) is 6.23. The number of aromatic nitrogens is 2. The summed E-state index contributed by atoms with van der Waals surface area (Å²) in [5.74, 6) is 2.68. The molecule has 0 unspecified atom stereocenters. The van der Waals surface area contributed by atoms with E-state index in [1.807, 2.05) is 60.7 Å². The topological polar surface area (TPSA) is 65.4 Å². The van der Waals surface area contributed by atoms with Crippen molar-refractivity contribution >= 4 is 16.9 Å². The van der Waals surface area contributed by atoms with E-state index in [1.165, 1.54) is 5.52 Å². The van der Waals surface area contributed by atoms with E-state index in [9.17, 15) is 4.79 Å². The molecule has 1 aromatic heterocycles. The number of rotatable bonds is 14. The molecule has 0 saturated carbocycles. The van der Waals surface area contributed by atoms with Crippen molar-refractivity contribution in [3.63, 3.8) is 0 Å². The molecular weight excluding hydrogens is 450 g/mol. The molecule has 0 fully saturated rings. The molecule has 3 aromatic carbocycles. The molecule has 6 heteroatoms. The molecule has 0 atom stereocenters. The number of hydrogen-bond acceptors (Lipinski definition) is 4. The van der Waals surface area contributed by atoms with Gasteiger partial charge >= 0.3 is 0 Å². The second-order valence-corrected chi connectivity index (χ2v) is 8.81. The van der Waals surface area contributed by atoms with Crippen molar-refractivity contribution in [2.45, 2.75) is 45.1 Å². The summed E-state index contributed by atoms with van der Waals surface area (Å²) in [6.07, 6.45) is 5.93. The van der Waals surface area contributed by atoms with E-state index in [-0.39, 0.29) is 5.91 Å². The number of nitrogens with zero attached hydrogens (tertiary/aromatic N) is 2. The maximum Gasteiger partial charge on any atom is 0.251 e. The Bertz CT molecular complexity index is 1240. The fraction of sp³-hybridized carbons (Fsp3) is 0.333. The fourth-order valence-corrected chi connectivity index (χ4v) is 4.34. The van der Waals surface area contributed by atoms with Gasteiger partial charge in [0.25, 0.3) is 5.91 Å². The highest BCUT2D eigenvalue weighted by Crippen LogP contribution is 2.26. The number of imidazole rings is 1. The van der Waals surface area contributed by atoms with Crippen LogP contribution in [0.15, 0.2) is 78.9 Å². The molecule has 6 nitrogen and oxygen atoms in total. The van der Waals surface area contributed by atoms with Crippen LogP contribution >= 0.6 is 0 Å². The van der Waals surface area contributed by atoms with E-state index in [4.69, 9.17) is 14.5 Å². The second-order valence-electron chi connectivity index (χ2n) is 8.81. The third kappa shape index (κ3) is 6.87. The number of amides is 1. The molecule has 1 amide bonds. The minimum absolute atomic E-state index is 0.00733. The summed E-state index contributed by atoms with van der Waals surface area (Å²) in [6.45, 7) is 2.26. The zero-order valence-corrected chi connectivity index (χ0v) is 21.0. The number of carbonyl (C=O) groups excluding carboxylic acids is 1. The van der Waals surface area contributed by atoms with Crippen molar-refractivity contribution in [1.29, 1.82) is 0 Å². The first kappa shape index (κ1) is 25.3. The lowest BCUT2D eigenvalue weighted by atomic mass is 10.1. The molecule has 4 aromatic rings. The van der Waals surface area contributed by atoms with Crippen LogP contribution in [0, 0.1) is 0 Å². The summed E-state index contributed by atoms with van der Waals surface area (Å²) in [5.41, 5.74) is 2.95. The zero-order valence-electron chi connectivity index (χ0n) is 21.0. The van der Waals surface area contributed by atoms with Gasteiger partial charge in [0.15, 0.2) is 11.5 Å². The monoisotopic (exact) mass is 485 g/mol. The molecule has 188 valence electrons. The Kier molecular flexibility index (Phi) is 9.37. The van der Waals surface area contributed by atoms with Crippen LogP contribution < -0.4 is 14.8 Å². The lowest BCUT2D eigenvalue weighted by Crippen LogP contribution is -2.24. The Morgan fingerprint density at radius 1 is 0.833 bits per heavy atom. The number of hydrogen-bond donors (Lipinski definition) is 1. The predicted molar refractivity (Wildman–Crippen MR) is 144 cm³/mol. The number of fused-ring (bicyclic) bond motifs is 1. The third-order valence-corrected chi connectivity index (χ3v) is 6.23. The average molecular weight is 486 g/mol. The van der Waals surface area contributed by atoms with Crippen LogP contribution in [0.4, 0.5) is 0 Å². The first-order valence-corrected chi connectivity index (χ1v) is 12.8. The largest absolute Gasteiger partial charge is 0.493 e. The molecule has 0 saturated heterocycles. The number of nitrogens with one attached hydrogen (secondary N) is 1. The highest BCUT2D eigenvalue weighted by molar-refractivity contribution is 5.94. The zero-order chi connectivity index (χ0) is 25.0. The highest BCUT2D eigenvalue weighted by atomic mass is 16.5. The first-order valence-electron chi connectivity index (χ1n) is 12.8. The minimum Gasteiger partial charge on any atom is -0.493 e. The van der Waals surface area contributed by atoms with E-state index in [0.717, 1.165) is 67.9 Å². The van der Waals surface area contributed by atoms with E-state index in [2.05, 4.69) is 28.1 Å². The lowest BCUT2D eigenvalue weighted by molar-refractivity contribution is 0.0953. The van der Waals surface area contributed by atoms with Gasteiger partial charge in [0.2, 0.25) is 0 Å². The van der Waals surface area contributed by atoms with E-state index in [0.29, 0.717) is 18.7 Å². The molecule has 36 heavy (non-hydrogen) atoms. The summed E-state index contributed by atoms with van der Waals surface area (Å²) in [7, 11) is 1.66. The van der Waals surface area contributed by atoms with Crippen molar-refractivity contribution in [2.75, 3.05) is 20.3 Å². The van der Waals surface area contributed by atoms with Crippen molar-refractivity contribution in [3.8, 4) is 11.5 Å². The Labute approximate surface area is 213 Å². The smallest absolute Gasteiger partial charge is 0.251 e. The van der Waals surface area contributed by atoms with Crippen LogP contribution in [0.3, 0.4) is 0 Å². The Hall–Kier alpha value is -3.80. The molecule has 1 N–H and O–H groups in total. The quantitative estimate of drug-likeness (QED) is 0.221. The number of ether oxygens (including phenoxy) is 2. The van der Waals surface area contributed by atoms with Crippen LogP contribution in [0.5, 0.6) is 11.5 Å². The molecule has 0 radical (unpaired) electrons. The Morgan fingerprint density at radius 3 is 2.42 bits per heavy atom. The average Bonchev–Trinajstić information content (AvgIpc) is 3.28. The standard InChI is InChI=1S/C30H35N3O3/c1-35-27-18-9-10-19-28(27)36-23-13-12-22-33-26-17-8-7-16-25(26)32-29(33)20-6-3-11-21-31-30(34)24-14-4-2-5-15-24/h2,4-5,7-10,14-19H,3,6,11-13,20-23H2,1H3,(H,31,34). The van der Waals surface area contributed by atoms with Crippen molar-refractivity contribution in [1.82, 2.24) is 14.9 Å². The molecule has 0 aliphatic carbocycles. The van der Waals surface area contributed by atoms with Crippen molar-refractivity contribution in [2.24, 2.45) is 0 Å². The number of para-hydroxylation sites is 4. The van der Waals surface area contributed by atoms with Gasteiger partial charge in [-0.05, 0) is 62.1 Å². The molecule has 0 aliphatic heterocycles. The molecule has 0 aliphatic rings. The number of unbranched alkanes of at least 4 members (excludes halogenated alkanes) is 3. The summed E-state index contributed by atoms with van der Waals surface area (Å²) in [6, 6.07) is 25.5. The summed E-state index contributed by atoms with van der Waals surface area (Å²) >= 11 is 0. The molecule has 1 heterocycles. The Morgan fingerprint density at radius 2 is 1.58 bits per heavy atom. The van der Waals surface area contributed by atoms with Crippen LogP contribution in [0.2, 0.25) is 0 Å². The summed E-state index contributed by atoms with van der Waals surface area (Å²) < 4.78 is 13.7. The van der Waals surface area contributed by atoms with Gasteiger partial charge in [-0.15, -0.1) is 0 Å². The van der Waals surface area contributed by atoms with Gasteiger partial charge in [-0.3, -0.25) is 4.79 Å². The molecular formula is C30H35N3O3. The van der Waals surface area contributed by atoms with Crippen LogP contribution in [0.1, 0.15) is 48.3 Å². The van der Waals surface area contributed by atoms with Crippen LogP contribution in [-0.4, -0.2) is 35.7 Å². The SMILES string of the molecule is COc1ccccc1OCCCCn1c(CCCCCNC(=O)c2ccccc2)nc2ccccc21. The van der Waals surface area contributed by atoms with Gasteiger partial charge in [0, 0.05) is 25.1 Å². The van der Waals surface area contributed by atoms with E-state index < -0.39 is 0 Å². The number of methoxy groups -OCH3 is 1. The summed E-state index contributed by atoms with van der Waals surface area (Å²) in [4.78, 5) is 17.1. The molecule has 4 rings (SSSR count). The van der Waals surface area contributed by atoms with Gasteiger partial charge in [-0.2, -0.15) is 0 Å². The Balaban J connectivity index is 1.23. The first-order chi connectivity index (χ1) is 17.8. The van der Waals surface area contributed by atoms with Gasteiger partial charge in [0.05, 0.1) is 24.8 Å². The van der Waals surface area contributed by atoms with E-state index >= 15 is 0 Å². The fourth-order valence-electron chi connectivity index (χ4n) is 4.34. The highest BCUT2D eigenvalue weighted by Gasteiger charge is 2.10. The minimum atomic E-state index is -0.00733. The maximum atomic E-state index is 12.2. The normalized spacial score (nSPS) is 10.9. The van der Waals surface area contributed by atoms with E-state index in [1.54, 1.807) is 7.11 Å².